The van der Waals surface area contributed by atoms with Gasteiger partial charge in [0.2, 0.25) is 0 Å². The summed E-state index contributed by atoms with van der Waals surface area (Å²) in [5.74, 6) is 1.23. The molecule has 1 amide bonds. The van der Waals surface area contributed by atoms with E-state index in [4.69, 9.17) is 9.15 Å². The van der Waals surface area contributed by atoms with E-state index in [-0.39, 0.29) is 18.3 Å². The van der Waals surface area contributed by atoms with Gasteiger partial charge in [-0.1, -0.05) is 12.1 Å². The number of aryl methyl sites for hydroxylation is 2. The molecule has 0 radical (unpaired) electrons. The molecule has 0 atom stereocenters. The molecular weight excluding hydrogens is 333 g/mol. The largest absolute Gasteiger partial charge is 0.484 e. The SMILES string of the molecule is O=C(COc1ccc2oc3c(c2c1)CCCC3)NCc1ccc(F)cc1. The first-order chi connectivity index (χ1) is 12.7. The predicted molar refractivity (Wildman–Crippen MR) is 96.6 cm³/mol. The Morgan fingerprint density at radius 2 is 1.92 bits per heavy atom. The van der Waals surface area contributed by atoms with E-state index in [9.17, 15) is 9.18 Å². The van der Waals surface area contributed by atoms with Crippen LogP contribution in [0, 0.1) is 5.82 Å². The molecule has 1 aliphatic rings. The van der Waals surface area contributed by atoms with Crippen LogP contribution in [-0.4, -0.2) is 12.5 Å². The minimum atomic E-state index is -0.291. The number of benzene rings is 2. The number of carbonyl (C=O) groups is 1. The third kappa shape index (κ3) is 3.57. The van der Waals surface area contributed by atoms with Gasteiger partial charge in [-0.2, -0.15) is 0 Å². The van der Waals surface area contributed by atoms with Crippen molar-refractivity contribution in [1.82, 2.24) is 5.32 Å². The molecule has 3 aromatic rings. The van der Waals surface area contributed by atoms with Crippen molar-refractivity contribution in [3.8, 4) is 5.75 Å². The first-order valence-corrected chi connectivity index (χ1v) is 8.87. The fourth-order valence-corrected chi connectivity index (χ4v) is 3.33. The van der Waals surface area contributed by atoms with Gasteiger partial charge in [0.15, 0.2) is 6.61 Å². The molecule has 26 heavy (non-hydrogen) atoms. The predicted octanol–water partition coefficient (Wildman–Crippen LogP) is 4.15. The maximum absolute atomic E-state index is 12.9. The van der Waals surface area contributed by atoms with Crippen molar-refractivity contribution in [3.05, 3.63) is 65.2 Å². The highest BCUT2D eigenvalue weighted by atomic mass is 19.1. The Morgan fingerprint density at radius 1 is 1.12 bits per heavy atom. The molecule has 5 heteroatoms. The van der Waals surface area contributed by atoms with Crippen LogP contribution < -0.4 is 10.1 Å². The van der Waals surface area contributed by atoms with Gasteiger partial charge in [0.05, 0.1) is 0 Å². The topological polar surface area (TPSA) is 51.5 Å². The molecule has 0 saturated carbocycles. The van der Waals surface area contributed by atoms with Gasteiger partial charge < -0.3 is 14.5 Å². The average Bonchev–Trinajstić information content (AvgIpc) is 3.04. The van der Waals surface area contributed by atoms with Crippen LogP contribution >= 0.6 is 0 Å². The van der Waals surface area contributed by atoms with E-state index >= 15 is 0 Å². The molecule has 0 fully saturated rings. The van der Waals surface area contributed by atoms with Crippen LogP contribution in [0.4, 0.5) is 4.39 Å². The highest BCUT2D eigenvalue weighted by molar-refractivity contribution is 5.84. The minimum absolute atomic E-state index is 0.0628. The van der Waals surface area contributed by atoms with E-state index < -0.39 is 0 Å². The molecule has 1 aliphatic carbocycles. The maximum atomic E-state index is 12.9. The molecular formula is C21H20FNO3. The summed E-state index contributed by atoms with van der Waals surface area (Å²) >= 11 is 0. The van der Waals surface area contributed by atoms with Gasteiger partial charge >= 0.3 is 0 Å². The summed E-state index contributed by atoms with van der Waals surface area (Å²) in [5, 5.41) is 3.85. The Labute approximate surface area is 151 Å². The van der Waals surface area contributed by atoms with E-state index in [0.29, 0.717) is 12.3 Å². The molecule has 4 nitrogen and oxygen atoms in total. The van der Waals surface area contributed by atoms with Crippen molar-refractivity contribution in [3.63, 3.8) is 0 Å². The average molecular weight is 353 g/mol. The Kier molecular flexibility index (Phi) is 4.61. The number of nitrogens with one attached hydrogen (secondary N) is 1. The van der Waals surface area contributed by atoms with Crippen molar-refractivity contribution < 1.29 is 18.3 Å². The zero-order valence-electron chi connectivity index (χ0n) is 14.4. The number of amides is 1. The number of carbonyl (C=O) groups excluding carboxylic acids is 1. The monoisotopic (exact) mass is 353 g/mol. The molecule has 0 bridgehead atoms. The van der Waals surface area contributed by atoms with Gasteiger partial charge in [-0.3, -0.25) is 4.79 Å². The summed E-state index contributed by atoms with van der Waals surface area (Å²) in [4.78, 5) is 12.0. The smallest absolute Gasteiger partial charge is 0.258 e. The van der Waals surface area contributed by atoms with Crippen LogP contribution in [0.15, 0.2) is 46.9 Å². The first-order valence-electron chi connectivity index (χ1n) is 8.87. The van der Waals surface area contributed by atoms with Crippen LogP contribution in [0.1, 0.15) is 29.7 Å². The number of hydrogen-bond acceptors (Lipinski definition) is 3. The molecule has 1 aromatic heterocycles. The molecule has 1 N–H and O–H groups in total. The van der Waals surface area contributed by atoms with Crippen molar-refractivity contribution in [2.24, 2.45) is 0 Å². The number of halogens is 1. The van der Waals surface area contributed by atoms with Crippen LogP contribution in [0.3, 0.4) is 0 Å². The number of fused-ring (bicyclic) bond motifs is 3. The summed E-state index contributed by atoms with van der Waals surface area (Å²) in [6.45, 7) is 0.281. The van der Waals surface area contributed by atoms with Crippen LogP contribution in [0.2, 0.25) is 0 Å². The van der Waals surface area contributed by atoms with Crippen molar-refractivity contribution in [1.29, 1.82) is 0 Å². The lowest BCUT2D eigenvalue weighted by atomic mass is 9.96. The normalized spacial score (nSPS) is 13.4. The lowest BCUT2D eigenvalue weighted by molar-refractivity contribution is -0.123. The Hall–Kier alpha value is -2.82. The summed E-state index contributed by atoms with van der Waals surface area (Å²) in [6.07, 6.45) is 4.37. The van der Waals surface area contributed by atoms with Gasteiger partial charge in [0, 0.05) is 23.9 Å². The molecule has 0 aliphatic heterocycles. The molecule has 0 spiro atoms. The van der Waals surface area contributed by atoms with E-state index in [1.54, 1.807) is 12.1 Å². The molecule has 1 heterocycles. The Balaban J connectivity index is 1.36. The maximum Gasteiger partial charge on any atom is 0.258 e. The van der Waals surface area contributed by atoms with Crippen molar-refractivity contribution >= 4 is 16.9 Å². The van der Waals surface area contributed by atoms with Crippen LogP contribution in [-0.2, 0) is 24.2 Å². The van der Waals surface area contributed by atoms with Crippen molar-refractivity contribution in [2.45, 2.75) is 32.2 Å². The number of hydrogen-bond donors (Lipinski definition) is 1. The third-order valence-electron chi connectivity index (χ3n) is 4.70. The molecule has 0 unspecified atom stereocenters. The van der Waals surface area contributed by atoms with Gasteiger partial charge in [-0.05, 0) is 55.2 Å². The van der Waals surface area contributed by atoms with Gasteiger partial charge in [-0.15, -0.1) is 0 Å². The summed E-state index contributed by atoms with van der Waals surface area (Å²) in [6, 6.07) is 11.7. The fourth-order valence-electron chi connectivity index (χ4n) is 3.33. The van der Waals surface area contributed by atoms with Crippen molar-refractivity contribution in [2.75, 3.05) is 6.61 Å². The van der Waals surface area contributed by atoms with E-state index in [1.807, 2.05) is 18.2 Å². The molecule has 134 valence electrons. The van der Waals surface area contributed by atoms with Gasteiger partial charge in [0.1, 0.15) is 22.9 Å². The highest BCUT2D eigenvalue weighted by Crippen LogP contribution is 2.33. The third-order valence-corrected chi connectivity index (χ3v) is 4.70. The first kappa shape index (κ1) is 16.6. The second kappa shape index (κ2) is 7.20. The van der Waals surface area contributed by atoms with Crippen LogP contribution in [0.25, 0.3) is 11.0 Å². The summed E-state index contributed by atoms with van der Waals surface area (Å²) in [5.41, 5.74) is 2.99. The highest BCUT2D eigenvalue weighted by Gasteiger charge is 2.18. The van der Waals surface area contributed by atoms with Gasteiger partial charge in [-0.25, -0.2) is 4.39 Å². The fraction of sp³-hybridized carbons (Fsp3) is 0.286. The zero-order chi connectivity index (χ0) is 17.9. The molecule has 2 aromatic carbocycles. The Morgan fingerprint density at radius 3 is 2.77 bits per heavy atom. The van der Waals surface area contributed by atoms with E-state index in [2.05, 4.69) is 5.32 Å². The number of furan rings is 1. The quantitative estimate of drug-likeness (QED) is 0.750. The van der Waals surface area contributed by atoms with E-state index in [1.165, 1.54) is 30.5 Å². The molecule has 4 rings (SSSR count). The lowest BCUT2D eigenvalue weighted by Crippen LogP contribution is -2.28. The number of ether oxygens (including phenoxy) is 1. The summed E-state index contributed by atoms with van der Waals surface area (Å²) in [7, 11) is 0. The second-order valence-electron chi connectivity index (χ2n) is 6.56. The Bertz CT molecular complexity index is 930. The summed E-state index contributed by atoms with van der Waals surface area (Å²) < 4.78 is 24.4. The minimum Gasteiger partial charge on any atom is -0.484 e. The van der Waals surface area contributed by atoms with Crippen LogP contribution in [0.5, 0.6) is 5.75 Å². The zero-order valence-corrected chi connectivity index (χ0v) is 14.4. The standard InChI is InChI=1S/C21H20FNO3/c22-15-7-5-14(6-8-15)12-23-21(24)13-25-16-9-10-20-18(11-16)17-3-1-2-4-19(17)26-20/h5-11H,1-4,12-13H2,(H,23,24). The molecule has 0 saturated heterocycles. The number of rotatable bonds is 5. The second-order valence-corrected chi connectivity index (χ2v) is 6.56. The van der Waals surface area contributed by atoms with Gasteiger partial charge in [0.25, 0.3) is 5.91 Å². The lowest BCUT2D eigenvalue weighted by Gasteiger charge is -2.09. The van der Waals surface area contributed by atoms with E-state index in [0.717, 1.165) is 35.1 Å².